The Hall–Kier alpha value is -1.06. The summed E-state index contributed by atoms with van der Waals surface area (Å²) in [5.74, 6) is -0.708. The van der Waals surface area contributed by atoms with Crippen molar-refractivity contribution in [3.63, 3.8) is 0 Å². The highest BCUT2D eigenvalue weighted by Crippen LogP contribution is 2.31. The molecule has 1 N–H and O–H groups in total. The Morgan fingerprint density at radius 3 is 2.65 bits per heavy atom. The topological polar surface area (TPSA) is 40.5 Å². The molecule has 110 valence electrons. The van der Waals surface area contributed by atoms with Gasteiger partial charge in [0.1, 0.15) is 5.54 Å². The predicted octanol–water partition coefficient (Wildman–Crippen LogP) is 3.60. The van der Waals surface area contributed by atoms with Gasteiger partial charge in [0.05, 0.1) is 0 Å². The predicted molar refractivity (Wildman–Crippen MR) is 81.2 cm³/mol. The lowest BCUT2D eigenvalue weighted by atomic mass is 9.86. The van der Waals surface area contributed by atoms with E-state index in [9.17, 15) is 9.90 Å². The number of halogens is 1. The summed E-state index contributed by atoms with van der Waals surface area (Å²) in [4.78, 5) is 13.8. The molecule has 0 spiro atoms. The number of benzene rings is 1. The third kappa shape index (κ3) is 3.15. The molecule has 3 nitrogen and oxygen atoms in total. The van der Waals surface area contributed by atoms with E-state index in [4.69, 9.17) is 11.6 Å². The SMILES string of the molecule is CC(Cc1ccc(Cl)cc1)N1CCCCC1(C)C(=O)O. The highest BCUT2D eigenvalue weighted by molar-refractivity contribution is 6.30. The van der Waals surface area contributed by atoms with Gasteiger partial charge in [0, 0.05) is 11.1 Å². The zero-order valence-corrected chi connectivity index (χ0v) is 12.9. The van der Waals surface area contributed by atoms with Crippen molar-refractivity contribution in [2.24, 2.45) is 0 Å². The summed E-state index contributed by atoms with van der Waals surface area (Å²) < 4.78 is 0. The van der Waals surface area contributed by atoms with E-state index in [2.05, 4.69) is 11.8 Å². The average Bonchev–Trinajstić information content (AvgIpc) is 2.41. The van der Waals surface area contributed by atoms with Gasteiger partial charge in [0.2, 0.25) is 0 Å². The summed E-state index contributed by atoms with van der Waals surface area (Å²) in [5.41, 5.74) is 0.463. The Morgan fingerprint density at radius 2 is 2.05 bits per heavy atom. The Kier molecular flexibility index (Phi) is 4.71. The minimum absolute atomic E-state index is 0.206. The largest absolute Gasteiger partial charge is 0.480 e. The van der Waals surface area contributed by atoms with Crippen LogP contribution in [0.2, 0.25) is 5.02 Å². The Bertz CT molecular complexity index is 474. The molecule has 2 rings (SSSR count). The molecule has 1 aliphatic heterocycles. The van der Waals surface area contributed by atoms with Crippen LogP contribution in [0.3, 0.4) is 0 Å². The van der Waals surface area contributed by atoms with E-state index in [0.29, 0.717) is 0 Å². The molecule has 0 saturated carbocycles. The molecule has 0 amide bonds. The number of hydrogen-bond acceptors (Lipinski definition) is 2. The van der Waals surface area contributed by atoms with Crippen molar-refractivity contribution >= 4 is 17.6 Å². The maximum atomic E-state index is 11.6. The average molecular weight is 296 g/mol. The lowest BCUT2D eigenvalue weighted by Crippen LogP contribution is -2.58. The number of carboxylic acid groups (broad SMARTS) is 1. The summed E-state index contributed by atoms with van der Waals surface area (Å²) in [5, 5.41) is 10.3. The number of carbonyl (C=O) groups is 1. The number of piperidine rings is 1. The lowest BCUT2D eigenvalue weighted by molar-refractivity contribution is -0.154. The second-order valence-corrected chi connectivity index (χ2v) is 6.35. The smallest absolute Gasteiger partial charge is 0.323 e. The van der Waals surface area contributed by atoms with Crippen molar-refractivity contribution < 1.29 is 9.90 Å². The molecule has 0 bridgehead atoms. The van der Waals surface area contributed by atoms with Crippen LogP contribution in [-0.4, -0.2) is 34.1 Å². The first-order valence-corrected chi connectivity index (χ1v) is 7.56. The van der Waals surface area contributed by atoms with Crippen LogP contribution < -0.4 is 0 Å². The normalized spacial score (nSPS) is 25.4. The number of likely N-dealkylation sites (tertiary alicyclic amines) is 1. The molecule has 0 aliphatic carbocycles. The first-order valence-electron chi connectivity index (χ1n) is 7.18. The first-order chi connectivity index (χ1) is 9.43. The number of nitrogens with zero attached hydrogens (tertiary/aromatic N) is 1. The van der Waals surface area contributed by atoms with Crippen LogP contribution in [0.1, 0.15) is 38.7 Å². The van der Waals surface area contributed by atoms with E-state index in [1.165, 1.54) is 5.56 Å². The van der Waals surface area contributed by atoms with Crippen LogP contribution in [0.5, 0.6) is 0 Å². The molecule has 20 heavy (non-hydrogen) atoms. The standard InChI is InChI=1S/C16H22ClNO2/c1-12(11-13-5-7-14(17)8-6-13)18-10-4-3-9-16(18,2)15(19)20/h5-8,12H,3-4,9-11H2,1-2H3,(H,19,20). The van der Waals surface area contributed by atoms with Crippen molar-refractivity contribution in [2.75, 3.05) is 6.54 Å². The van der Waals surface area contributed by atoms with Crippen LogP contribution in [0, 0.1) is 0 Å². The van der Waals surface area contributed by atoms with Gasteiger partial charge in [-0.05, 0) is 63.8 Å². The fourth-order valence-corrected chi connectivity index (χ4v) is 3.28. The Morgan fingerprint density at radius 1 is 1.40 bits per heavy atom. The van der Waals surface area contributed by atoms with Crippen molar-refractivity contribution in [2.45, 2.75) is 51.1 Å². The molecule has 4 heteroatoms. The van der Waals surface area contributed by atoms with Gasteiger partial charge in [0.15, 0.2) is 0 Å². The lowest BCUT2D eigenvalue weighted by Gasteiger charge is -2.45. The highest BCUT2D eigenvalue weighted by atomic mass is 35.5. The maximum absolute atomic E-state index is 11.6. The molecule has 1 aromatic carbocycles. The maximum Gasteiger partial charge on any atom is 0.323 e. The second kappa shape index (κ2) is 6.15. The molecule has 1 aliphatic rings. The van der Waals surface area contributed by atoms with E-state index >= 15 is 0 Å². The number of aliphatic carboxylic acids is 1. The van der Waals surface area contributed by atoms with Crippen LogP contribution >= 0.6 is 11.6 Å². The fraction of sp³-hybridized carbons (Fsp3) is 0.562. The molecule has 1 aromatic rings. The van der Waals surface area contributed by atoms with Crippen molar-refractivity contribution in [1.29, 1.82) is 0 Å². The minimum atomic E-state index is -0.732. The van der Waals surface area contributed by atoms with E-state index < -0.39 is 11.5 Å². The van der Waals surface area contributed by atoms with Gasteiger partial charge in [-0.3, -0.25) is 9.69 Å². The molecule has 0 radical (unpaired) electrons. The van der Waals surface area contributed by atoms with Gasteiger partial charge in [0.25, 0.3) is 0 Å². The summed E-state index contributed by atoms with van der Waals surface area (Å²) in [7, 11) is 0. The monoisotopic (exact) mass is 295 g/mol. The zero-order chi connectivity index (χ0) is 14.8. The van der Waals surface area contributed by atoms with Gasteiger partial charge in [-0.2, -0.15) is 0 Å². The molecule has 0 aromatic heterocycles. The van der Waals surface area contributed by atoms with Crippen molar-refractivity contribution in [1.82, 2.24) is 4.90 Å². The summed E-state index contributed by atoms with van der Waals surface area (Å²) in [6, 6.07) is 8.01. The second-order valence-electron chi connectivity index (χ2n) is 5.91. The number of carboxylic acids is 1. The quantitative estimate of drug-likeness (QED) is 0.922. The molecule has 1 heterocycles. The Labute approximate surface area is 125 Å². The molecule has 2 unspecified atom stereocenters. The van der Waals surface area contributed by atoms with Gasteiger partial charge in [-0.25, -0.2) is 0 Å². The summed E-state index contributed by atoms with van der Waals surface area (Å²) in [6.45, 7) is 4.82. The first kappa shape index (κ1) is 15.3. The summed E-state index contributed by atoms with van der Waals surface area (Å²) in [6.07, 6.45) is 3.65. The third-order valence-corrected chi connectivity index (χ3v) is 4.64. The molecule has 1 fully saturated rings. The number of hydrogen-bond donors (Lipinski definition) is 1. The molecular formula is C16H22ClNO2. The van der Waals surface area contributed by atoms with E-state index in [0.717, 1.165) is 37.3 Å². The third-order valence-electron chi connectivity index (χ3n) is 4.38. The van der Waals surface area contributed by atoms with Crippen LogP contribution in [0.25, 0.3) is 0 Å². The molecule has 2 atom stereocenters. The van der Waals surface area contributed by atoms with Gasteiger partial charge in [-0.15, -0.1) is 0 Å². The highest BCUT2D eigenvalue weighted by Gasteiger charge is 2.43. The van der Waals surface area contributed by atoms with E-state index in [1.807, 2.05) is 31.2 Å². The van der Waals surface area contributed by atoms with Crippen LogP contribution in [0.15, 0.2) is 24.3 Å². The van der Waals surface area contributed by atoms with Gasteiger partial charge < -0.3 is 5.11 Å². The Balaban J connectivity index is 2.12. The minimum Gasteiger partial charge on any atom is -0.480 e. The van der Waals surface area contributed by atoms with Crippen LogP contribution in [-0.2, 0) is 11.2 Å². The van der Waals surface area contributed by atoms with E-state index in [-0.39, 0.29) is 6.04 Å². The van der Waals surface area contributed by atoms with Crippen molar-refractivity contribution in [3.8, 4) is 0 Å². The molecule has 1 saturated heterocycles. The van der Waals surface area contributed by atoms with Crippen LogP contribution in [0.4, 0.5) is 0 Å². The van der Waals surface area contributed by atoms with Gasteiger partial charge >= 0.3 is 5.97 Å². The van der Waals surface area contributed by atoms with Gasteiger partial charge in [-0.1, -0.05) is 23.7 Å². The fourth-order valence-electron chi connectivity index (χ4n) is 3.15. The molecular weight excluding hydrogens is 274 g/mol. The van der Waals surface area contributed by atoms with E-state index in [1.54, 1.807) is 0 Å². The summed E-state index contributed by atoms with van der Waals surface area (Å²) >= 11 is 5.90. The number of rotatable bonds is 4. The zero-order valence-electron chi connectivity index (χ0n) is 12.1. The van der Waals surface area contributed by atoms with Crippen molar-refractivity contribution in [3.05, 3.63) is 34.9 Å².